The highest BCUT2D eigenvalue weighted by Gasteiger charge is 2.60. The number of hydrogen-bond donors (Lipinski definition) is 0. The molecule has 3 heterocycles. The van der Waals surface area contributed by atoms with Crippen LogP contribution in [-0.4, -0.2) is 50.0 Å². The third-order valence-corrected chi connectivity index (χ3v) is 7.90. The summed E-state index contributed by atoms with van der Waals surface area (Å²) < 4.78 is 8.60. The van der Waals surface area contributed by atoms with E-state index in [9.17, 15) is 0 Å². The smallest absolute Gasteiger partial charge is 0.202 e. The summed E-state index contributed by atoms with van der Waals surface area (Å²) in [7, 11) is 1.98. The van der Waals surface area contributed by atoms with Crippen molar-refractivity contribution < 1.29 is 4.42 Å². The zero-order valence-electron chi connectivity index (χ0n) is 16.6. The summed E-state index contributed by atoms with van der Waals surface area (Å²) in [6, 6.07) is 8.94. The van der Waals surface area contributed by atoms with Crippen LogP contribution in [0.5, 0.6) is 0 Å². The van der Waals surface area contributed by atoms with E-state index in [0.29, 0.717) is 11.2 Å². The van der Waals surface area contributed by atoms with E-state index >= 15 is 0 Å². The molecule has 1 aromatic carbocycles. The Morgan fingerprint density at radius 3 is 2.86 bits per heavy atom. The molecule has 2 aromatic heterocycles. The van der Waals surface area contributed by atoms with Gasteiger partial charge in [0.25, 0.3) is 0 Å². The molecule has 1 unspecified atom stereocenters. The molecule has 1 saturated heterocycles. The summed E-state index contributed by atoms with van der Waals surface area (Å²) >= 11 is 5.31. The van der Waals surface area contributed by atoms with E-state index in [1.54, 1.807) is 11.8 Å². The van der Waals surface area contributed by atoms with Gasteiger partial charge in [0.05, 0.1) is 5.69 Å². The zero-order valence-corrected chi connectivity index (χ0v) is 19.0. The first-order valence-corrected chi connectivity index (χ1v) is 11.8. The fourth-order valence-corrected chi connectivity index (χ4v) is 5.69. The third-order valence-electron chi connectivity index (χ3n) is 6.27. The maximum Gasteiger partial charge on any atom is 0.202 e. The molecule has 6 nitrogen and oxygen atoms in total. The van der Waals surface area contributed by atoms with Crippen LogP contribution in [0.4, 0.5) is 0 Å². The van der Waals surface area contributed by atoms with Crippen LogP contribution >= 0.6 is 27.7 Å². The van der Waals surface area contributed by atoms with E-state index < -0.39 is 0 Å². The topological polar surface area (TPSA) is 60.0 Å². The maximum atomic E-state index is 5.45. The van der Waals surface area contributed by atoms with E-state index in [2.05, 4.69) is 60.3 Å². The first-order chi connectivity index (χ1) is 14.1. The number of piperidine rings is 1. The van der Waals surface area contributed by atoms with Crippen LogP contribution in [0.2, 0.25) is 0 Å². The van der Waals surface area contributed by atoms with Crippen molar-refractivity contribution in [3.8, 4) is 11.6 Å². The maximum absolute atomic E-state index is 5.45. The van der Waals surface area contributed by atoms with Crippen LogP contribution in [0, 0.1) is 12.8 Å². The van der Waals surface area contributed by atoms with Crippen LogP contribution in [0.3, 0.4) is 0 Å². The van der Waals surface area contributed by atoms with Gasteiger partial charge in [-0.3, -0.25) is 0 Å². The van der Waals surface area contributed by atoms with Gasteiger partial charge in [-0.15, -0.1) is 10.2 Å². The molecule has 2 atom stereocenters. The highest BCUT2D eigenvalue weighted by atomic mass is 79.9. The van der Waals surface area contributed by atoms with E-state index in [4.69, 9.17) is 4.42 Å². The number of nitrogens with zero attached hydrogens (tertiary/aromatic N) is 5. The van der Waals surface area contributed by atoms with Crippen LogP contribution in [0.15, 0.2) is 44.7 Å². The van der Waals surface area contributed by atoms with Crippen LogP contribution < -0.4 is 0 Å². The molecule has 3 aromatic rings. The lowest BCUT2D eigenvalue weighted by atomic mass is 9.95. The van der Waals surface area contributed by atoms with Gasteiger partial charge in [0.15, 0.2) is 17.3 Å². The molecular weight excluding hydrogens is 450 g/mol. The number of rotatable bonds is 7. The summed E-state index contributed by atoms with van der Waals surface area (Å²) in [5.74, 6) is 3.30. The number of fused-ring (bicyclic) bond motifs is 1. The fourth-order valence-electron chi connectivity index (χ4n) is 4.59. The second-order valence-electron chi connectivity index (χ2n) is 8.13. The summed E-state index contributed by atoms with van der Waals surface area (Å²) in [6.07, 6.45) is 3.95. The molecule has 0 bridgehead atoms. The lowest BCUT2D eigenvalue weighted by Gasteiger charge is -2.21. The van der Waals surface area contributed by atoms with Crippen LogP contribution in [0.1, 0.15) is 24.1 Å². The van der Waals surface area contributed by atoms with Gasteiger partial charge in [0.1, 0.15) is 0 Å². The zero-order chi connectivity index (χ0) is 20.0. The van der Waals surface area contributed by atoms with Gasteiger partial charge in [-0.1, -0.05) is 39.8 Å². The van der Waals surface area contributed by atoms with Crippen molar-refractivity contribution in [2.75, 3.05) is 25.4 Å². The molecule has 0 N–H and O–H groups in total. The average Bonchev–Trinajstić information content (AvgIpc) is 3.02. The minimum Gasteiger partial charge on any atom is -0.440 e. The number of likely N-dealkylation sites (tertiary alicyclic amines) is 1. The molecule has 1 aliphatic carbocycles. The number of thioether (sulfide) groups is 1. The van der Waals surface area contributed by atoms with Crippen LogP contribution in [0.25, 0.3) is 11.6 Å². The lowest BCUT2D eigenvalue weighted by Crippen LogP contribution is -2.27. The Labute approximate surface area is 183 Å². The number of benzene rings is 1. The highest BCUT2D eigenvalue weighted by molar-refractivity contribution is 9.10. The molecule has 0 amide bonds. The van der Waals surface area contributed by atoms with Crippen molar-refractivity contribution in [1.82, 2.24) is 24.6 Å². The van der Waals surface area contributed by atoms with Crippen LogP contribution in [-0.2, 0) is 12.5 Å². The Hall–Kier alpha value is -1.64. The second kappa shape index (κ2) is 7.56. The summed E-state index contributed by atoms with van der Waals surface area (Å²) in [4.78, 5) is 6.78. The first-order valence-electron chi connectivity index (χ1n) is 9.98. The van der Waals surface area contributed by atoms with Crippen molar-refractivity contribution in [2.24, 2.45) is 13.0 Å². The largest absolute Gasteiger partial charge is 0.440 e. The molecule has 2 aliphatic rings. The quantitative estimate of drug-likeness (QED) is 0.376. The third kappa shape index (κ3) is 3.55. The molecule has 1 aliphatic heterocycles. The Bertz CT molecular complexity index is 1020. The number of aromatic nitrogens is 4. The molecule has 29 heavy (non-hydrogen) atoms. The van der Waals surface area contributed by atoms with E-state index in [1.165, 1.54) is 31.5 Å². The minimum absolute atomic E-state index is 0.418. The number of oxazole rings is 1. The molecule has 152 valence electrons. The molecule has 0 spiro atoms. The Morgan fingerprint density at radius 1 is 1.28 bits per heavy atom. The number of hydrogen-bond acceptors (Lipinski definition) is 6. The average molecular weight is 474 g/mol. The van der Waals surface area contributed by atoms with Gasteiger partial charge in [0, 0.05) is 35.8 Å². The summed E-state index contributed by atoms with van der Waals surface area (Å²) in [5.41, 5.74) is 2.77. The van der Waals surface area contributed by atoms with Gasteiger partial charge in [0.2, 0.25) is 5.82 Å². The normalized spacial score (nSPS) is 23.5. The SMILES string of the molecule is Cc1ncoc1-c1nnc(SCCCN2CC3C[C@@]3(c3ccc(Br)cc3)C2)n1C. The van der Waals surface area contributed by atoms with Gasteiger partial charge in [-0.05, 0) is 49.9 Å². The molecular formula is C21H24BrN5OS. The Kier molecular flexibility index (Phi) is 5.04. The predicted molar refractivity (Wildman–Crippen MR) is 117 cm³/mol. The summed E-state index contributed by atoms with van der Waals surface area (Å²) in [6.45, 7) is 5.50. The van der Waals surface area contributed by atoms with Gasteiger partial charge in [-0.25, -0.2) is 4.98 Å². The van der Waals surface area contributed by atoms with Gasteiger partial charge in [-0.2, -0.15) is 0 Å². The van der Waals surface area contributed by atoms with E-state index in [-0.39, 0.29) is 0 Å². The van der Waals surface area contributed by atoms with E-state index in [0.717, 1.165) is 45.8 Å². The number of halogens is 1. The first kappa shape index (κ1) is 19.3. The lowest BCUT2D eigenvalue weighted by molar-refractivity contribution is 0.299. The molecule has 0 radical (unpaired) electrons. The molecule has 8 heteroatoms. The van der Waals surface area contributed by atoms with Gasteiger partial charge < -0.3 is 13.9 Å². The van der Waals surface area contributed by atoms with Crippen molar-refractivity contribution in [3.05, 3.63) is 46.4 Å². The minimum atomic E-state index is 0.418. The highest BCUT2D eigenvalue weighted by Crippen LogP contribution is 2.59. The fraction of sp³-hybridized carbons (Fsp3) is 0.476. The summed E-state index contributed by atoms with van der Waals surface area (Å²) in [5, 5.41) is 9.54. The molecule has 1 saturated carbocycles. The number of aryl methyl sites for hydroxylation is 1. The molecule has 5 rings (SSSR count). The Balaban J connectivity index is 1.13. The standard InChI is InChI=1S/C21H24BrN5OS/c1-14-18(28-13-23-14)19-24-25-20(26(19)2)29-9-3-8-27-11-16-10-21(16,12-27)15-4-6-17(22)7-5-15/h4-7,13,16H,3,8-12H2,1-2H3/t16?,21-/m0/s1. The molecule has 2 fully saturated rings. The van der Waals surface area contributed by atoms with Crippen molar-refractivity contribution >= 4 is 27.7 Å². The second-order valence-corrected chi connectivity index (χ2v) is 10.1. The van der Waals surface area contributed by atoms with Crippen molar-refractivity contribution in [3.63, 3.8) is 0 Å². The van der Waals surface area contributed by atoms with E-state index in [1.807, 2.05) is 18.5 Å². The van der Waals surface area contributed by atoms with Crippen molar-refractivity contribution in [2.45, 2.75) is 30.3 Å². The predicted octanol–water partition coefficient (Wildman–Crippen LogP) is 4.30. The Morgan fingerprint density at radius 2 is 2.10 bits per heavy atom. The van der Waals surface area contributed by atoms with Crippen molar-refractivity contribution in [1.29, 1.82) is 0 Å². The monoisotopic (exact) mass is 473 g/mol. The van der Waals surface area contributed by atoms with Gasteiger partial charge >= 0.3 is 0 Å².